The van der Waals surface area contributed by atoms with Crippen LogP contribution in [-0.4, -0.2) is 27.0 Å². The van der Waals surface area contributed by atoms with E-state index in [0.717, 1.165) is 5.56 Å². The topological polar surface area (TPSA) is 110 Å². The van der Waals surface area contributed by atoms with Crippen LogP contribution in [0.25, 0.3) is 0 Å². The second-order valence-electron chi connectivity index (χ2n) is 6.93. The number of Topliss-reactive ketones (excluding diaryl/α,β-unsaturated/α-hetero) is 1. The molecule has 5 rings (SSSR count). The van der Waals surface area contributed by atoms with Crippen LogP contribution >= 0.6 is 34.7 Å². The lowest BCUT2D eigenvalue weighted by Gasteiger charge is -2.21. The summed E-state index contributed by atoms with van der Waals surface area (Å²) in [7, 11) is 0. The van der Waals surface area contributed by atoms with Crippen LogP contribution in [0.3, 0.4) is 0 Å². The van der Waals surface area contributed by atoms with Gasteiger partial charge < -0.3 is 13.9 Å². The van der Waals surface area contributed by atoms with Crippen LogP contribution in [0, 0.1) is 0 Å². The maximum absolute atomic E-state index is 13.1. The molecule has 1 aliphatic rings. The number of aliphatic hydroxyl groups excluding tert-OH is 1. The van der Waals surface area contributed by atoms with Gasteiger partial charge in [-0.3, -0.25) is 14.5 Å². The van der Waals surface area contributed by atoms with Crippen molar-refractivity contribution in [1.29, 1.82) is 0 Å². The Morgan fingerprint density at radius 3 is 2.58 bits per heavy atom. The Bertz CT molecular complexity index is 1330. The lowest BCUT2D eigenvalue weighted by Crippen LogP contribution is -2.30. The lowest BCUT2D eigenvalue weighted by atomic mass is 10.00. The Labute approximate surface area is 200 Å². The zero-order chi connectivity index (χ0) is 22.9. The molecule has 1 amide bonds. The maximum atomic E-state index is 13.1. The number of ketones is 1. The van der Waals surface area contributed by atoms with Gasteiger partial charge in [-0.25, -0.2) is 0 Å². The highest BCUT2D eigenvalue weighted by Crippen LogP contribution is 2.44. The predicted molar refractivity (Wildman–Crippen MR) is 123 cm³/mol. The number of aliphatic hydroxyl groups is 1. The van der Waals surface area contributed by atoms with Crippen LogP contribution in [0.1, 0.15) is 27.9 Å². The molecular weight excluding hydrogens is 486 g/mol. The van der Waals surface area contributed by atoms with Crippen LogP contribution in [0.2, 0.25) is 5.02 Å². The van der Waals surface area contributed by atoms with E-state index in [0.29, 0.717) is 20.9 Å². The Hall–Kier alpha value is -3.34. The van der Waals surface area contributed by atoms with Gasteiger partial charge in [-0.15, -0.1) is 10.2 Å². The Balaban J connectivity index is 1.44. The molecule has 0 aliphatic carbocycles. The molecule has 0 fully saturated rings. The van der Waals surface area contributed by atoms with Crippen LogP contribution < -0.4 is 4.90 Å². The zero-order valence-electron chi connectivity index (χ0n) is 16.7. The Morgan fingerprint density at radius 2 is 1.88 bits per heavy atom. The number of aromatic nitrogens is 2. The van der Waals surface area contributed by atoms with Crippen LogP contribution in [0.4, 0.5) is 5.13 Å². The van der Waals surface area contributed by atoms with Crippen molar-refractivity contribution in [2.75, 3.05) is 4.90 Å². The van der Waals surface area contributed by atoms with Gasteiger partial charge in [0, 0.05) is 10.8 Å². The first-order valence-corrected chi connectivity index (χ1v) is 11.8. The largest absolute Gasteiger partial charge is 0.503 e. The minimum atomic E-state index is -1.01. The summed E-state index contributed by atoms with van der Waals surface area (Å²) in [4.78, 5) is 27.3. The van der Waals surface area contributed by atoms with E-state index in [1.165, 1.54) is 46.6 Å². The maximum Gasteiger partial charge on any atom is 0.296 e. The molecule has 0 spiro atoms. The van der Waals surface area contributed by atoms with Crippen molar-refractivity contribution in [1.82, 2.24) is 10.2 Å². The van der Waals surface area contributed by atoms with Gasteiger partial charge in [-0.1, -0.05) is 46.8 Å². The monoisotopic (exact) mass is 499 g/mol. The zero-order valence-corrected chi connectivity index (χ0v) is 19.1. The number of anilines is 1. The number of hydrogen-bond acceptors (Lipinski definition) is 9. The minimum Gasteiger partial charge on any atom is -0.503 e. The third-order valence-corrected chi connectivity index (χ3v) is 7.27. The highest BCUT2D eigenvalue weighted by molar-refractivity contribution is 8.00. The summed E-state index contributed by atoms with van der Waals surface area (Å²) in [5, 5.41) is 19.8. The van der Waals surface area contributed by atoms with E-state index in [1.807, 2.05) is 24.3 Å². The molecule has 11 heteroatoms. The normalized spacial score (nSPS) is 16.1. The van der Waals surface area contributed by atoms with E-state index >= 15 is 0 Å². The molecule has 166 valence electrons. The number of hydrogen-bond donors (Lipinski definition) is 1. The molecule has 0 saturated heterocycles. The number of carbonyl (C=O) groups excluding carboxylic acids is 2. The number of furan rings is 2. The van der Waals surface area contributed by atoms with Crippen molar-refractivity contribution >= 4 is 51.5 Å². The average molecular weight is 500 g/mol. The van der Waals surface area contributed by atoms with Crippen molar-refractivity contribution in [3.05, 3.63) is 94.5 Å². The Morgan fingerprint density at radius 1 is 1.12 bits per heavy atom. The molecule has 1 aliphatic heterocycles. The molecule has 0 bridgehead atoms. The smallest absolute Gasteiger partial charge is 0.296 e. The quantitative estimate of drug-likeness (QED) is 0.203. The summed E-state index contributed by atoms with van der Waals surface area (Å²) in [6.07, 6.45) is 2.77. The fourth-order valence-electron chi connectivity index (χ4n) is 3.37. The molecule has 3 aromatic heterocycles. The second-order valence-corrected chi connectivity index (χ2v) is 9.54. The van der Waals surface area contributed by atoms with Gasteiger partial charge in [0.25, 0.3) is 5.91 Å². The van der Waals surface area contributed by atoms with Gasteiger partial charge in [0.05, 0.1) is 18.1 Å². The first-order chi connectivity index (χ1) is 16.0. The van der Waals surface area contributed by atoms with Crippen molar-refractivity contribution in [3.8, 4) is 0 Å². The molecule has 1 aromatic carbocycles. The number of halogens is 1. The number of carbonyl (C=O) groups is 2. The van der Waals surface area contributed by atoms with Crippen molar-refractivity contribution in [2.24, 2.45) is 0 Å². The second kappa shape index (κ2) is 8.89. The van der Waals surface area contributed by atoms with E-state index in [4.69, 9.17) is 20.4 Å². The van der Waals surface area contributed by atoms with Gasteiger partial charge in [0.15, 0.2) is 15.9 Å². The average Bonchev–Trinajstić information content (AvgIpc) is 3.62. The number of benzene rings is 1. The molecule has 4 aromatic rings. The van der Waals surface area contributed by atoms with Gasteiger partial charge in [0.2, 0.25) is 10.9 Å². The first-order valence-electron chi connectivity index (χ1n) is 9.62. The summed E-state index contributed by atoms with van der Waals surface area (Å²) in [5.41, 5.74) is 0.910. The van der Waals surface area contributed by atoms with Crippen molar-refractivity contribution in [3.63, 3.8) is 0 Å². The summed E-state index contributed by atoms with van der Waals surface area (Å²) in [6, 6.07) is 12.7. The van der Waals surface area contributed by atoms with Crippen molar-refractivity contribution in [2.45, 2.75) is 16.1 Å². The van der Waals surface area contributed by atoms with Crippen LogP contribution in [0.5, 0.6) is 0 Å². The summed E-state index contributed by atoms with van der Waals surface area (Å²) in [6.45, 7) is 0. The molecule has 1 unspecified atom stereocenters. The number of rotatable bonds is 7. The van der Waals surface area contributed by atoms with Crippen LogP contribution in [-0.2, 0) is 10.5 Å². The van der Waals surface area contributed by atoms with E-state index in [1.54, 1.807) is 18.2 Å². The third kappa shape index (κ3) is 4.08. The van der Waals surface area contributed by atoms with E-state index < -0.39 is 23.5 Å². The summed E-state index contributed by atoms with van der Waals surface area (Å²) >= 11 is 8.55. The number of thioether (sulfide) groups is 1. The molecule has 8 nitrogen and oxygen atoms in total. The third-order valence-electron chi connectivity index (χ3n) is 4.89. The van der Waals surface area contributed by atoms with Gasteiger partial charge in [0.1, 0.15) is 11.8 Å². The predicted octanol–water partition coefficient (Wildman–Crippen LogP) is 5.45. The van der Waals surface area contributed by atoms with Gasteiger partial charge >= 0.3 is 0 Å². The number of nitrogens with zero attached hydrogens (tertiary/aromatic N) is 3. The molecule has 0 saturated carbocycles. The van der Waals surface area contributed by atoms with Gasteiger partial charge in [-0.05, 0) is 42.0 Å². The minimum absolute atomic E-state index is 0.000714. The highest BCUT2D eigenvalue weighted by atomic mass is 35.5. The first kappa shape index (κ1) is 21.5. The molecule has 33 heavy (non-hydrogen) atoms. The van der Waals surface area contributed by atoms with Crippen LogP contribution in [0.15, 0.2) is 85.6 Å². The van der Waals surface area contributed by atoms with E-state index in [9.17, 15) is 14.7 Å². The molecular formula is C22H14ClN3O5S2. The molecule has 1 atom stereocenters. The standard InChI is InChI=1S/C22H14ClN3O5S2/c23-13-7-5-12(6-8-13)11-32-22-25-24-21(33-22)26-17(14-3-1-9-30-14)16(19(28)20(26)29)18(27)15-4-2-10-31-15/h1-10,17,28H,11H2. The highest BCUT2D eigenvalue weighted by Gasteiger charge is 2.48. The summed E-state index contributed by atoms with van der Waals surface area (Å²) in [5.74, 6) is -1.13. The SMILES string of the molecule is O=C(C1=C(O)C(=O)N(c2nnc(SCc3ccc(Cl)cc3)s2)C1c1ccco1)c1ccco1. The van der Waals surface area contributed by atoms with Gasteiger partial charge in [-0.2, -0.15) is 0 Å². The molecule has 0 radical (unpaired) electrons. The fraction of sp³-hybridized carbons (Fsp3) is 0.0909. The lowest BCUT2D eigenvalue weighted by molar-refractivity contribution is -0.117. The Kier molecular flexibility index (Phi) is 5.79. The van der Waals surface area contributed by atoms with E-state index in [2.05, 4.69) is 10.2 Å². The fourth-order valence-corrected chi connectivity index (χ4v) is 5.32. The summed E-state index contributed by atoms with van der Waals surface area (Å²) < 4.78 is 11.3. The molecule has 1 N–H and O–H groups in total. The molecule has 4 heterocycles. The van der Waals surface area contributed by atoms with Crippen molar-refractivity contribution < 1.29 is 23.5 Å². The van der Waals surface area contributed by atoms with E-state index in [-0.39, 0.29) is 16.5 Å². The number of amides is 1.